The largest absolute Gasteiger partial charge is 0.416 e. The predicted octanol–water partition coefficient (Wildman–Crippen LogP) is 3.73. The van der Waals surface area contributed by atoms with Crippen molar-refractivity contribution in [1.82, 2.24) is 20.8 Å². The molecule has 0 fully saturated rings. The first-order chi connectivity index (χ1) is 16.8. The lowest BCUT2D eigenvalue weighted by Crippen LogP contribution is -2.28. The standard InChI is InChI=1S/C23H21F3N6O3/c24-23(25,26)15-8-6-14(7-9-15)20-29-19(35-32-20)11-10-18(33)27-12-3-13-28-21-16-4-1-2-5-17(16)22(34)31-30-21/h1-2,4-9,17,28H,3,10-13H2,(H,27,33). The van der Waals surface area contributed by atoms with Crippen LogP contribution in [0.25, 0.3) is 11.4 Å². The minimum Gasteiger partial charge on any atom is -0.368 e. The molecule has 0 saturated heterocycles. The zero-order valence-corrected chi connectivity index (χ0v) is 18.4. The van der Waals surface area contributed by atoms with Crippen LogP contribution in [0, 0.1) is 5.92 Å². The Morgan fingerprint density at radius 2 is 1.89 bits per heavy atom. The Morgan fingerprint density at radius 1 is 1.09 bits per heavy atom. The molecule has 4 rings (SSSR count). The molecule has 0 spiro atoms. The number of azo groups is 1. The van der Waals surface area contributed by atoms with Gasteiger partial charge in [-0.05, 0) is 18.6 Å². The average Bonchev–Trinajstić information content (AvgIpc) is 3.33. The monoisotopic (exact) mass is 486 g/mol. The fourth-order valence-electron chi connectivity index (χ4n) is 3.45. The SMILES string of the molecule is O=C(CCc1nc(-c2ccc(C(F)(F)F)cc2)no1)NCCCNC1=C2C=CC=CC2C(=O)N=N1. The van der Waals surface area contributed by atoms with Gasteiger partial charge in [-0.1, -0.05) is 41.6 Å². The average molecular weight is 486 g/mol. The van der Waals surface area contributed by atoms with Crippen LogP contribution in [0.4, 0.5) is 13.2 Å². The summed E-state index contributed by atoms with van der Waals surface area (Å²) in [6.45, 7) is 0.946. The molecule has 182 valence electrons. The number of amides is 2. The fraction of sp³-hybridized carbons (Fsp3) is 0.304. The Balaban J connectivity index is 1.17. The quantitative estimate of drug-likeness (QED) is 0.521. The molecule has 1 unspecified atom stereocenters. The molecule has 2 aromatic rings. The number of alkyl halides is 3. The molecule has 1 atom stereocenters. The number of halogens is 3. The first-order valence-corrected chi connectivity index (χ1v) is 10.9. The summed E-state index contributed by atoms with van der Waals surface area (Å²) in [7, 11) is 0. The second-order valence-corrected chi connectivity index (χ2v) is 7.78. The molecule has 2 amide bonds. The van der Waals surface area contributed by atoms with Crippen molar-refractivity contribution in [3.63, 3.8) is 0 Å². The van der Waals surface area contributed by atoms with Crippen LogP contribution in [-0.2, 0) is 22.2 Å². The van der Waals surface area contributed by atoms with E-state index in [9.17, 15) is 22.8 Å². The van der Waals surface area contributed by atoms with Gasteiger partial charge in [0.15, 0.2) is 5.82 Å². The molecule has 2 N–H and O–H groups in total. The molecule has 1 aliphatic heterocycles. The molecule has 35 heavy (non-hydrogen) atoms. The highest BCUT2D eigenvalue weighted by Gasteiger charge is 2.30. The van der Waals surface area contributed by atoms with E-state index in [1.54, 1.807) is 12.2 Å². The van der Waals surface area contributed by atoms with Gasteiger partial charge >= 0.3 is 6.18 Å². The van der Waals surface area contributed by atoms with Crippen molar-refractivity contribution >= 4 is 11.8 Å². The van der Waals surface area contributed by atoms with Gasteiger partial charge in [-0.25, -0.2) is 0 Å². The summed E-state index contributed by atoms with van der Waals surface area (Å²) in [6.07, 6.45) is 3.74. The summed E-state index contributed by atoms with van der Waals surface area (Å²) in [5.41, 5.74) is 0.389. The Bertz CT molecular complexity index is 1210. The Labute approximate surface area is 197 Å². The summed E-state index contributed by atoms with van der Waals surface area (Å²) in [5.74, 6) is -0.00378. The number of carbonyl (C=O) groups is 2. The van der Waals surface area contributed by atoms with E-state index in [4.69, 9.17) is 4.52 Å². The van der Waals surface area contributed by atoms with Gasteiger partial charge in [0.2, 0.25) is 17.6 Å². The fourth-order valence-corrected chi connectivity index (χ4v) is 3.45. The third-order valence-electron chi connectivity index (χ3n) is 5.29. The van der Waals surface area contributed by atoms with E-state index >= 15 is 0 Å². The maximum Gasteiger partial charge on any atom is 0.416 e. The molecule has 1 aromatic heterocycles. The molecule has 2 aliphatic rings. The van der Waals surface area contributed by atoms with E-state index in [-0.39, 0.29) is 36.4 Å². The topological polar surface area (TPSA) is 122 Å². The molecular formula is C23H21F3N6O3. The summed E-state index contributed by atoms with van der Waals surface area (Å²) in [6, 6.07) is 4.43. The molecule has 9 nitrogen and oxygen atoms in total. The smallest absolute Gasteiger partial charge is 0.368 e. The van der Waals surface area contributed by atoms with E-state index < -0.39 is 17.7 Å². The summed E-state index contributed by atoms with van der Waals surface area (Å²) in [4.78, 5) is 28.0. The molecule has 0 bridgehead atoms. The zero-order valence-electron chi connectivity index (χ0n) is 18.4. The predicted molar refractivity (Wildman–Crippen MR) is 117 cm³/mol. The Hall–Kier alpha value is -4.09. The van der Waals surface area contributed by atoms with Gasteiger partial charge in [-0.15, -0.1) is 10.2 Å². The molecule has 1 aliphatic carbocycles. The van der Waals surface area contributed by atoms with Crippen molar-refractivity contribution in [2.24, 2.45) is 16.1 Å². The number of allylic oxidation sites excluding steroid dienone is 3. The van der Waals surface area contributed by atoms with E-state index in [1.807, 2.05) is 12.2 Å². The minimum absolute atomic E-state index is 0.118. The third kappa shape index (κ3) is 6.08. The molecular weight excluding hydrogens is 465 g/mol. The van der Waals surface area contributed by atoms with Gasteiger partial charge < -0.3 is 15.2 Å². The number of aryl methyl sites for hydroxylation is 1. The van der Waals surface area contributed by atoms with Crippen LogP contribution < -0.4 is 10.6 Å². The van der Waals surface area contributed by atoms with Crippen LogP contribution in [-0.4, -0.2) is 35.0 Å². The summed E-state index contributed by atoms with van der Waals surface area (Å²) >= 11 is 0. The maximum absolute atomic E-state index is 12.7. The van der Waals surface area contributed by atoms with Crippen LogP contribution in [0.2, 0.25) is 0 Å². The number of rotatable bonds is 9. The normalized spacial score (nSPS) is 17.0. The van der Waals surface area contributed by atoms with Crippen molar-refractivity contribution in [3.05, 3.63) is 71.4 Å². The molecule has 0 saturated carbocycles. The van der Waals surface area contributed by atoms with E-state index in [2.05, 4.69) is 31.0 Å². The first kappa shape index (κ1) is 24.0. The lowest BCUT2D eigenvalue weighted by atomic mass is 9.93. The number of carbonyl (C=O) groups excluding carboxylic acids is 2. The Kier molecular flexibility index (Phi) is 7.18. The van der Waals surface area contributed by atoms with Gasteiger partial charge in [0.1, 0.15) is 0 Å². The van der Waals surface area contributed by atoms with E-state index in [0.29, 0.717) is 30.9 Å². The number of fused-ring (bicyclic) bond motifs is 1. The maximum atomic E-state index is 12.7. The highest BCUT2D eigenvalue weighted by atomic mass is 19.4. The highest BCUT2D eigenvalue weighted by molar-refractivity contribution is 5.86. The van der Waals surface area contributed by atoms with Gasteiger partial charge in [-0.3, -0.25) is 9.59 Å². The van der Waals surface area contributed by atoms with Crippen LogP contribution >= 0.6 is 0 Å². The number of hydrogen-bond donors (Lipinski definition) is 2. The molecule has 1 aromatic carbocycles. The number of benzene rings is 1. The first-order valence-electron chi connectivity index (χ1n) is 10.9. The number of aromatic nitrogens is 2. The van der Waals surface area contributed by atoms with Crippen LogP contribution in [0.5, 0.6) is 0 Å². The second-order valence-electron chi connectivity index (χ2n) is 7.78. The second kappa shape index (κ2) is 10.5. The number of nitrogens with one attached hydrogen (secondary N) is 2. The van der Waals surface area contributed by atoms with Crippen LogP contribution in [0.1, 0.15) is 24.3 Å². The van der Waals surface area contributed by atoms with Crippen molar-refractivity contribution in [1.29, 1.82) is 0 Å². The number of nitrogens with zero attached hydrogens (tertiary/aromatic N) is 4. The van der Waals surface area contributed by atoms with E-state index in [0.717, 1.165) is 17.7 Å². The van der Waals surface area contributed by atoms with Gasteiger partial charge in [0.25, 0.3) is 5.91 Å². The van der Waals surface area contributed by atoms with Crippen molar-refractivity contribution in [3.8, 4) is 11.4 Å². The van der Waals surface area contributed by atoms with Crippen LogP contribution in [0.15, 0.2) is 74.7 Å². The summed E-state index contributed by atoms with van der Waals surface area (Å²) in [5, 5.41) is 17.3. The lowest BCUT2D eigenvalue weighted by Gasteiger charge is -2.20. The number of hydrogen-bond acceptors (Lipinski definition) is 7. The van der Waals surface area contributed by atoms with Gasteiger partial charge in [-0.2, -0.15) is 18.2 Å². The third-order valence-corrected chi connectivity index (χ3v) is 5.29. The summed E-state index contributed by atoms with van der Waals surface area (Å²) < 4.78 is 43.1. The van der Waals surface area contributed by atoms with Crippen molar-refractivity contribution < 1.29 is 27.3 Å². The van der Waals surface area contributed by atoms with Gasteiger partial charge in [0, 0.05) is 37.1 Å². The van der Waals surface area contributed by atoms with Crippen molar-refractivity contribution in [2.45, 2.75) is 25.4 Å². The Morgan fingerprint density at radius 3 is 2.66 bits per heavy atom. The molecule has 0 radical (unpaired) electrons. The minimum atomic E-state index is -4.42. The van der Waals surface area contributed by atoms with Crippen molar-refractivity contribution in [2.75, 3.05) is 13.1 Å². The van der Waals surface area contributed by atoms with E-state index in [1.165, 1.54) is 12.1 Å². The zero-order chi connectivity index (χ0) is 24.8. The molecule has 12 heteroatoms. The highest BCUT2D eigenvalue weighted by Crippen LogP contribution is 2.30. The molecule has 2 heterocycles. The van der Waals surface area contributed by atoms with Gasteiger partial charge in [0.05, 0.1) is 11.5 Å². The van der Waals surface area contributed by atoms with Crippen LogP contribution in [0.3, 0.4) is 0 Å². The lowest BCUT2D eigenvalue weighted by molar-refractivity contribution is -0.137.